The minimum atomic E-state index is -4.36. The van der Waals surface area contributed by atoms with Crippen LogP contribution in [0, 0.1) is 0 Å². The van der Waals surface area contributed by atoms with Crippen LogP contribution in [0.4, 0.5) is 30.6 Å². The van der Waals surface area contributed by atoms with E-state index in [1.165, 1.54) is 12.1 Å². The van der Waals surface area contributed by atoms with E-state index in [0.717, 1.165) is 23.4 Å². The van der Waals surface area contributed by atoms with Crippen molar-refractivity contribution in [3.63, 3.8) is 0 Å². The Kier molecular flexibility index (Phi) is 5.44. The Hall–Kier alpha value is -3.29. The molecule has 3 rings (SSSR count). The zero-order chi connectivity index (χ0) is 19.3. The summed E-state index contributed by atoms with van der Waals surface area (Å²) in [6.45, 7) is 0.466. The molecule has 0 saturated carbocycles. The molecule has 27 heavy (non-hydrogen) atoms. The largest absolute Gasteiger partial charge is 0.496 e. The first kappa shape index (κ1) is 18.5. The minimum absolute atomic E-state index is 0.387. The fraction of sp³-hybridized carbons (Fsp3) is 0.158. The Bertz CT molecular complexity index is 898. The number of hydrogen-bond donors (Lipinski definition) is 2. The molecule has 0 bridgehead atoms. The average Bonchev–Trinajstić information content (AvgIpc) is 2.66. The molecule has 0 saturated heterocycles. The van der Waals surface area contributed by atoms with E-state index in [0.29, 0.717) is 24.0 Å². The van der Waals surface area contributed by atoms with Crippen molar-refractivity contribution in [2.24, 2.45) is 0 Å². The molecule has 0 aliphatic carbocycles. The molecule has 0 fully saturated rings. The minimum Gasteiger partial charge on any atom is -0.496 e. The van der Waals surface area contributed by atoms with E-state index in [-0.39, 0.29) is 0 Å². The summed E-state index contributed by atoms with van der Waals surface area (Å²) >= 11 is 0. The second-order valence-electron chi connectivity index (χ2n) is 5.63. The van der Waals surface area contributed by atoms with Crippen molar-refractivity contribution in [3.05, 3.63) is 71.9 Å². The molecule has 1 aromatic heterocycles. The monoisotopic (exact) mass is 374 g/mol. The highest BCUT2D eigenvalue weighted by molar-refractivity contribution is 5.57. The van der Waals surface area contributed by atoms with Gasteiger partial charge in [0.1, 0.15) is 11.6 Å². The topological polar surface area (TPSA) is 59.1 Å². The molecular weight excluding hydrogens is 357 g/mol. The maximum atomic E-state index is 12.6. The first-order valence-electron chi connectivity index (χ1n) is 8.09. The fourth-order valence-electron chi connectivity index (χ4n) is 2.43. The van der Waals surface area contributed by atoms with Crippen LogP contribution in [0.15, 0.2) is 60.8 Å². The summed E-state index contributed by atoms with van der Waals surface area (Å²) in [6.07, 6.45) is -2.80. The Morgan fingerprint density at radius 2 is 1.74 bits per heavy atom. The van der Waals surface area contributed by atoms with Crippen LogP contribution in [-0.2, 0) is 12.7 Å². The molecule has 0 unspecified atom stereocenters. The lowest BCUT2D eigenvalue weighted by Gasteiger charge is -2.11. The number of benzene rings is 2. The number of anilines is 3. The molecule has 0 aliphatic heterocycles. The third-order valence-corrected chi connectivity index (χ3v) is 3.77. The van der Waals surface area contributed by atoms with Gasteiger partial charge in [0.15, 0.2) is 0 Å². The van der Waals surface area contributed by atoms with Crippen molar-refractivity contribution in [1.82, 2.24) is 9.97 Å². The number of methoxy groups -OCH3 is 1. The number of ether oxygens (including phenoxy) is 1. The quantitative estimate of drug-likeness (QED) is 0.645. The second-order valence-corrected chi connectivity index (χ2v) is 5.63. The van der Waals surface area contributed by atoms with Crippen molar-refractivity contribution < 1.29 is 17.9 Å². The first-order chi connectivity index (χ1) is 13.0. The number of alkyl halides is 3. The lowest BCUT2D eigenvalue weighted by atomic mass is 10.2. The summed E-state index contributed by atoms with van der Waals surface area (Å²) in [5.41, 5.74) is 0.747. The van der Waals surface area contributed by atoms with Crippen LogP contribution in [0.5, 0.6) is 5.75 Å². The number of nitrogens with one attached hydrogen (secondary N) is 2. The van der Waals surface area contributed by atoms with Crippen LogP contribution in [0.2, 0.25) is 0 Å². The molecule has 8 heteroatoms. The van der Waals surface area contributed by atoms with Gasteiger partial charge in [-0.05, 0) is 36.4 Å². The van der Waals surface area contributed by atoms with Gasteiger partial charge in [-0.15, -0.1) is 0 Å². The molecule has 5 nitrogen and oxygen atoms in total. The zero-order valence-corrected chi connectivity index (χ0v) is 14.4. The van der Waals surface area contributed by atoms with Crippen molar-refractivity contribution in [1.29, 1.82) is 0 Å². The number of hydrogen-bond acceptors (Lipinski definition) is 5. The van der Waals surface area contributed by atoms with Crippen LogP contribution in [0.1, 0.15) is 11.1 Å². The number of halogens is 3. The molecule has 2 aromatic carbocycles. The predicted octanol–water partition coefficient (Wildman–Crippen LogP) is 4.86. The first-order valence-corrected chi connectivity index (χ1v) is 8.09. The number of aromatic nitrogens is 2. The van der Waals surface area contributed by atoms with Gasteiger partial charge in [-0.25, -0.2) is 4.98 Å². The highest BCUT2D eigenvalue weighted by atomic mass is 19.4. The molecule has 0 atom stereocenters. The van der Waals surface area contributed by atoms with E-state index in [9.17, 15) is 13.2 Å². The molecule has 0 spiro atoms. The van der Waals surface area contributed by atoms with E-state index in [1.807, 2.05) is 24.3 Å². The summed E-state index contributed by atoms with van der Waals surface area (Å²) in [5.74, 6) is 1.61. The standard InChI is InChI=1S/C19H17F3N4O/c1-27-16-5-3-2-4-13(16)12-24-18-23-11-10-17(26-18)25-15-8-6-14(7-9-15)19(20,21)22/h2-11H,12H2,1H3,(H2,23,24,25,26). The Morgan fingerprint density at radius 1 is 1.00 bits per heavy atom. The fourth-order valence-corrected chi connectivity index (χ4v) is 2.43. The maximum Gasteiger partial charge on any atom is 0.416 e. The third kappa shape index (κ3) is 4.87. The lowest BCUT2D eigenvalue weighted by molar-refractivity contribution is -0.137. The average molecular weight is 374 g/mol. The molecule has 1 heterocycles. The maximum absolute atomic E-state index is 12.6. The van der Waals surface area contributed by atoms with Gasteiger partial charge >= 0.3 is 6.18 Å². The van der Waals surface area contributed by atoms with Crippen molar-refractivity contribution in [3.8, 4) is 5.75 Å². The van der Waals surface area contributed by atoms with Gasteiger partial charge in [-0.2, -0.15) is 18.2 Å². The summed E-state index contributed by atoms with van der Waals surface area (Å²) < 4.78 is 43.2. The van der Waals surface area contributed by atoms with E-state index >= 15 is 0 Å². The van der Waals surface area contributed by atoms with Crippen LogP contribution in [0.3, 0.4) is 0 Å². The van der Waals surface area contributed by atoms with Crippen LogP contribution in [-0.4, -0.2) is 17.1 Å². The van der Waals surface area contributed by atoms with Crippen molar-refractivity contribution in [2.75, 3.05) is 17.7 Å². The summed E-state index contributed by atoms with van der Waals surface area (Å²) in [4.78, 5) is 8.46. The van der Waals surface area contributed by atoms with Gasteiger partial charge in [0.05, 0.1) is 12.7 Å². The normalized spacial score (nSPS) is 11.1. The molecule has 0 radical (unpaired) electrons. The van der Waals surface area contributed by atoms with E-state index in [4.69, 9.17) is 4.74 Å². The van der Waals surface area contributed by atoms with Gasteiger partial charge in [-0.3, -0.25) is 0 Å². The van der Waals surface area contributed by atoms with Gasteiger partial charge in [-0.1, -0.05) is 18.2 Å². The number of rotatable bonds is 6. The van der Waals surface area contributed by atoms with Crippen molar-refractivity contribution in [2.45, 2.75) is 12.7 Å². The van der Waals surface area contributed by atoms with E-state index in [1.54, 1.807) is 19.4 Å². The predicted molar refractivity (Wildman–Crippen MR) is 97.1 cm³/mol. The summed E-state index contributed by atoms with van der Waals surface area (Å²) in [5, 5.41) is 6.06. The number of nitrogens with zero attached hydrogens (tertiary/aromatic N) is 2. The zero-order valence-electron chi connectivity index (χ0n) is 14.4. The third-order valence-electron chi connectivity index (χ3n) is 3.77. The van der Waals surface area contributed by atoms with Crippen LogP contribution >= 0.6 is 0 Å². The van der Waals surface area contributed by atoms with Gasteiger partial charge in [0.25, 0.3) is 0 Å². The van der Waals surface area contributed by atoms with E-state index < -0.39 is 11.7 Å². The number of para-hydroxylation sites is 1. The molecule has 0 aliphatic rings. The highest BCUT2D eigenvalue weighted by Gasteiger charge is 2.29. The highest BCUT2D eigenvalue weighted by Crippen LogP contribution is 2.30. The molecule has 140 valence electrons. The van der Waals surface area contributed by atoms with Gasteiger partial charge < -0.3 is 15.4 Å². The Morgan fingerprint density at radius 3 is 2.44 bits per heavy atom. The van der Waals surface area contributed by atoms with Gasteiger partial charge in [0, 0.05) is 24.0 Å². The van der Waals surface area contributed by atoms with Crippen LogP contribution < -0.4 is 15.4 Å². The van der Waals surface area contributed by atoms with Crippen LogP contribution in [0.25, 0.3) is 0 Å². The Balaban J connectivity index is 1.67. The summed E-state index contributed by atoms with van der Waals surface area (Å²) in [6, 6.07) is 14.0. The molecule has 0 amide bonds. The van der Waals surface area contributed by atoms with E-state index in [2.05, 4.69) is 20.6 Å². The molecule has 3 aromatic rings. The summed E-state index contributed by atoms with van der Waals surface area (Å²) in [7, 11) is 1.60. The molecular formula is C19H17F3N4O. The molecule has 2 N–H and O–H groups in total. The van der Waals surface area contributed by atoms with Gasteiger partial charge in [0.2, 0.25) is 5.95 Å². The van der Waals surface area contributed by atoms with Crippen molar-refractivity contribution >= 4 is 17.5 Å². The second kappa shape index (κ2) is 7.94. The Labute approximate surface area is 154 Å². The SMILES string of the molecule is COc1ccccc1CNc1nccc(Nc2ccc(C(F)(F)F)cc2)n1. The lowest BCUT2D eigenvalue weighted by Crippen LogP contribution is -2.06. The smallest absolute Gasteiger partial charge is 0.416 e.